The molecule has 0 bridgehead atoms. The summed E-state index contributed by atoms with van der Waals surface area (Å²) in [6.07, 6.45) is 3.66. The second-order valence-corrected chi connectivity index (χ2v) is 5.88. The van der Waals surface area contributed by atoms with Crippen LogP contribution in [0.25, 0.3) is 0 Å². The average Bonchev–Trinajstić information content (AvgIpc) is 2.25. The highest BCUT2D eigenvalue weighted by Gasteiger charge is 2.03. The first-order valence-electron chi connectivity index (χ1n) is 5.38. The van der Waals surface area contributed by atoms with Crippen LogP contribution in [0.15, 0.2) is 12.3 Å². The third-order valence-electron chi connectivity index (χ3n) is 1.84. The monoisotopic (exact) mass is 259 g/mol. The Morgan fingerprint density at radius 2 is 2.24 bits per heavy atom. The lowest BCUT2D eigenvalue weighted by molar-refractivity contribution is 0.305. The van der Waals surface area contributed by atoms with Crippen LogP contribution in [0.5, 0.6) is 5.88 Å². The normalized spacial score (nSPS) is 11.2. The highest BCUT2D eigenvalue weighted by Crippen LogP contribution is 2.08. The molecule has 0 aromatic carbocycles. The number of anilines is 1. The zero-order chi connectivity index (χ0) is 12.7. The Kier molecular flexibility index (Phi) is 5.14. The summed E-state index contributed by atoms with van der Waals surface area (Å²) in [6.45, 7) is 2.89. The van der Waals surface area contributed by atoms with Crippen LogP contribution in [0.2, 0.25) is 0 Å². The fourth-order valence-electron chi connectivity index (χ4n) is 1.06. The van der Waals surface area contributed by atoms with Crippen LogP contribution in [0.3, 0.4) is 0 Å². The van der Waals surface area contributed by atoms with E-state index < -0.39 is 9.84 Å². The van der Waals surface area contributed by atoms with Gasteiger partial charge in [0.05, 0.1) is 12.4 Å². The van der Waals surface area contributed by atoms with E-state index >= 15 is 0 Å². The van der Waals surface area contributed by atoms with E-state index in [-0.39, 0.29) is 12.3 Å². The zero-order valence-electron chi connectivity index (χ0n) is 10.0. The molecule has 0 aliphatic heterocycles. The Morgan fingerprint density at radius 3 is 2.88 bits per heavy atom. The largest absolute Gasteiger partial charge is 0.478 e. The molecule has 7 heteroatoms. The summed E-state index contributed by atoms with van der Waals surface area (Å²) in [5, 5.41) is 2.84. The maximum absolute atomic E-state index is 10.9. The standard InChI is InChI=1S/C10H17N3O3S/c1-3-7-16-9-4-5-11-10(13-9)12-6-8-17(2,14)15/h4-5H,3,6-8H2,1-2H3,(H,11,12,13). The van der Waals surface area contributed by atoms with Gasteiger partial charge in [0.1, 0.15) is 9.84 Å². The fourth-order valence-corrected chi connectivity index (χ4v) is 1.54. The van der Waals surface area contributed by atoms with E-state index in [1.165, 1.54) is 6.26 Å². The number of nitrogens with zero attached hydrogens (tertiary/aromatic N) is 2. The first-order valence-corrected chi connectivity index (χ1v) is 7.45. The maximum atomic E-state index is 10.9. The lowest BCUT2D eigenvalue weighted by atomic mass is 10.5. The molecule has 1 N–H and O–H groups in total. The summed E-state index contributed by atoms with van der Waals surface area (Å²) in [5.74, 6) is 0.919. The lowest BCUT2D eigenvalue weighted by Crippen LogP contribution is -2.15. The van der Waals surface area contributed by atoms with E-state index in [1.807, 2.05) is 6.92 Å². The van der Waals surface area contributed by atoms with Crippen LogP contribution in [-0.2, 0) is 9.84 Å². The minimum Gasteiger partial charge on any atom is -0.478 e. The van der Waals surface area contributed by atoms with Crippen molar-refractivity contribution in [2.24, 2.45) is 0 Å². The third-order valence-corrected chi connectivity index (χ3v) is 2.79. The molecule has 0 radical (unpaired) electrons. The molecule has 0 fully saturated rings. The van der Waals surface area contributed by atoms with Gasteiger partial charge in [-0.2, -0.15) is 4.98 Å². The van der Waals surface area contributed by atoms with E-state index in [4.69, 9.17) is 4.74 Å². The summed E-state index contributed by atoms with van der Waals surface area (Å²) in [7, 11) is -2.97. The van der Waals surface area contributed by atoms with Crippen molar-refractivity contribution in [1.82, 2.24) is 9.97 Å². The molecule has 0 aliphatic carbocycles. The molecule has 96 valence electrons. The van der Waals surface area contributed by atoms with Gasteiger partial charge in [0, 0.05) is 25.1 Å². The van der Waals surface area contributed by atoms with Gasteiger partial charge in [-0.15, -0.1) is 0 Å². The summed E-state index contributed by atoms with van der Waals surface area (Å²) >= 11 is 0. The molecule has 0 saturated carbocycles. The molecule has 0 saturated heterocycles. The molecule has 1 aromatic rings. The van der Waals surface area contributed by atoms with Crippen molar-refractivity contribution in [3.63, 3.8) is 0 Å². The second-order valence-electron chi connectivity index (χ2n) is 3.62. The van der Waals surface area contributed by atoms with Gasteiger partial charge in [0.25, 0.3) is 0 Å². The molecule has 6 nitrogen and oxygen atoms in total. The highest BCUT2D eigenvalue weighted by molar-refractivity contribution is 7.90. The fraction of sp³-hybridized carbons (Fsp3) is 0.600. The van der Waals surface area contributed by atoms with E-state index in [0.717, 1.165) is 6.42 Å². The molecule has 1 heterocycles. The molecule has 0 spiro atoms. The van der Waals surface area contributed by atoms with E-state index in [2.05, 4.69) is 15.3 Å². The first kappa shape index (κ1) is 13.7. The molecule has 0 unspecified atom stereocenters. The zero-order valence-corrected chi connectivity index (χ0v) is 10.8. The van der Waals surface area contributed by atoms with Crippen molar-refractivity contribution in [2.45, 2.75) is 13.3 Å². The number of hydrogen-bond acceptors (Lipinski definition) is 6. The lowest BCUT2D eigenvalue weighted by Gasteiger charge is -2.06. The third kappa shape index (κ3) is 6.06. The van der Waals surface area contributed by atoms with Gasteiger partial charge in [-0.1, -0.05) is 6.92 Å². The molecule has 17 heavy (non-hydrogen) atoms. The quantitative estimate of drug-likeness (QED) is 0.777. The highest BCUT2D eigenvalue weighted by atomic mass is 32.2. The molecule has 1 rings (SSSR count). The molecule has 0 amide bonds. The van der Waals surface area contributed by atoms with Gasteiger partial charge >= 0.3 is 0 Å². The summed E-state index contributed by atoms with van der Waals surface area (Å²) in [4.78, 5) is 8.06. The van der Waals surface area contributed by atoms with Gasteiger partial charge in [0.2, 0.25) is 11.8 Å². The predicted octanol–water partition coefficient (Wildman–Crippen LogP) is 0.722. The number of ether oxygens (including phenoxy) is 1. The van der Waals surface area contributed by atoms with Crippen molar-refractivity contribution in [3.8, 4) is 5.88 Å². The SMILES string of the molecule is CCCOc1ccnc(NCCS(C)(=O)=O)n1. The number of sulfone groups is 1. The molecular weight excluding hydrogens is 242 g/mol. The smallest absolute Gasteiger partial charge is 0.225 e. The summed E-state index contributed by atoms with van der Waals surface area (Å²) in [5.41, 5.74) is 0. The van der Waals surface area contributed by atoms with Gasteiger partial charge in [-0.25, -0.2) is 13.4 Å². The van der Waals surface area contributed by atoms with Crippen LogP contribution in [-0.4, -0.2) is 43.5 Å². The Labute approximate surface area is 101 Å². The van der Waals surface area contributed by atoms with Crippen LogP contribution in [0.1, 0.15) is 13.3 Å². The Bertz CT molecular complexity index is 448. The number of rotatable bonds is 7. The van der Waals surface area contributed by atoms with Gasteiger partial charge < -0.3 is 10.1 Å². The maximum Gasteiger partial charge on any atom is 0.225 e. The van der Waals surface area contributed by atoms with Gasteiger partial charge in [-0.3, -0.25) is 0 Å². The van der Waals surface area contributed by atoms with Gasteiger partial charge in [0.15, 0.2) is 0 Å². The van der Waals surface area contributed by atoms with Crippen molar-refractivity contribution < 1.29 is 13.2 Å². The minimum atomic E-state index is -2.97. The van der Waals surface area contributed by atoms with Crippen LogP contribution >= 0.6 is 0 Å². The summed E-state index contributed by atoms with van der Waals surface area (Å²) < 4.78 is 27.2. The van der Waals surface area contributed by atoms with Crippen LogP contribution in [0.4, 0.5) is 5.95 Å². The van der Waals surface area contributed by atoms with E-state index in [9.17, 15) is 8.42 Å². The molecular formula is C10H17N3O3S. The Morgan fingerprint density at radius 1 is 1.47 bits per heavy atom. The number of nitrogens with one attached hydrogen (secondary N) is 1. The molecule has 0 aliphatic rings. The number of aromatic nitrogens is 2. The van der Waals surface area contributed by atoms with Crippen molar-refractivity contribution in [1.29, 1.82) is 0 Å². The van der Waals surface area contributed by atoms with Crippen molar-refractivity contribution in [3.05, 3.63) is 12.3 Å². The van der Waals surface area contributed by atoms with E-state index in [1.54, 1.807) is 12.3 Å². The summed E-state index contributed by atoms with van der Waals surface area (Å²) in [6, 6.07) is 1.66. The minimum absolute atomic E-state index is 0.0520. The predicted molar refractivity (Wildman–Crippen MR) is 66.0 cm³/mol. The number of hydrogen-bond donors (Lipinski definition) is 1. The van der Waals surface area contributed by atoms with E-state index in [0.29, 0.717) is 18.4 Å². The average molecular weight is 259 g/mol. The van der Waals surface area contributed by atoms with Crippen LogP contribution in [0, 0.1) is 0 Å². The Hall–Kier alpha value is -1.37. The molecule has 0 atom stereocenters. The Balaban J connectivity index is 2.48. The first-order chi connectivity index (χ1) is 8.01. The second kappa shape index (κ2) is 6.39. The molecule has 1 aromatic heterocycles. The van der Waals surface area contributed by atoms with Crippen molar-refractivity contribution in [2.75, 3.05) is 30.5 Å². The topological polar surface area (TPSA) is 81.2 Å². The van der Waals surface area contributed by atoms with Crippen molar-refractivity contribution >= 4 is 15.8 Å². The van der Waals surface area contributed by atoms with Crippen LogP contribution < -0.4 is 10.1 Å². The van der Waals surface area contributed by atoms with Gasteiger partial charge in [-0.05, 0) is 6.42 Å².